The topological polar surface area (TPSA) is 55.4 Å². The largest absolute Gasteiger partial charge is 0.462 e. The third-order valence-corrected chi connectivity index (χ3v) is 3.14. The maximum Gasteiger partial charge on any atom is 0.338 e. The Hall–Kier alpha value is -2.62. The summed E-state index contributed by atoms with van der Waals surface area (Å²) in [6, 6.07) is 16.6. The first-order valence-electron chi connectivity index (χ1n) is 7.30. The van der Waals surface area contributed by atoms with Crippen LogP contribution in [0, 0.1) is 0 Å². The highest BCUT2D eigenvalue weighted by atomic mass is 16.5. The number of amides is 1. The monoisotopic (exact) mass is 297 g/mol. The predicted octanol–water partition coefficient (Wildman–Crippen LogP) is 3.43. The van der Waals surface area contributed by atoms with Gasteiger partial charge in [0.05, 0.1) is 12.2 Å². The average molecular weight is 297 g/mol. The zero-order valence-corrected chi connectivity index (χ0v) is 12.5. The number of rotatable bonds is 6. The van der Waals surface area contributed by atoms with Crippen LogP contribution in [-0.4, -0.2) is 18.5 Å². The number of carbonyl (C=O) groups is 2. The second kappa shape index (κ2) is 7.98. The summed E-state index contributed by atoms with van der Waals surface area (Å²) in [6.07, 6.45) is 1.08. The van der Waals surface area contributed by atoms with Gasteiger partial charge in [0.15, 0.2) is 0 Å². The number of anilines is 1. The van der Waals surface area contributed by atoms with Crippen LogP contribution in [0.4, 0.5) is 5.69 Å². The van der Waals surface area contributed by atoms with Crippen molar-refractivity contribution in [2.24, 2.45) is 0 Å². The molecule has 1 amide bonds. The number of hydrogen-bond acceptors (Lipinski definition) is 3. The zero-order valence-electron chi connectivity index (χ0n) is 12.5. The van der Waals surface area contributed by atoms with Gasteiger partial charge in [-0.25, -0.2) is 4.79 Å². The molecule has 114 valence electrons. The minimum Gasteiger partial charge on any atom is -0.462 e. The molecular formula is C18H19NO3. The molecule has 0 spiro atoms. The molecule has 0 atom stereocenters. The predicted molar refractivity (Wildman–Crippen MR) is 85.8 cm³/mol. The molecular weight excluding hydrogens is 278 g/mol. The van der Waals surface area contributed by atoms with Crippen LogP contribution in [0.25, 0.3) is 0 Å². The van der Waals surface area contributed by atoms with Crippen LogP contribution < -0.4 is 5.32 Å². The molecule has 0 unspecified atom stereocenters. The molecule has 0 aliphatic carbocycles. The van der Waals surface area contributed by atoms with Gasteiger partial charge in [0.2, 0.25) is 5.91 Å². The van der Waals surface area contributed by atoms with E-state index in [1.54, 1.807) is 31.2 Å². The highest BCUT2D eigenvalue weighted by Crippen LogP contribution is 2.13. The average Bonchev–Trinajstić information content (AvgIpc) is 2.54. The Bertz CT molecular complexity index is 638. The van der Waals surface area contributed by atoms with E-state index in [1.807, 2.05) is 30.3 Å². The number of ether oxygens (including phenoxy) is 1. The summed E-state index contributed by atoms with van der Waals surface area (Å²) in [5.74, 6) is -0.465. The number of benzene rings is 2. The van der Waals surface area contributed by atoms with E-state index in [1.165, 1.54) is 0 Å². The fraction of sp³-hybridized carbons (Fsp3) is 0.222. The Morgan fingerprint density at radius 1 is 1.05 bits per heavy atom. The highest BCUT2D eigenvalue weighted by Gasteiger charge is 2.08. The van der Waals surface area contributed by atoms with Crippen LogP contribution in [-0.2, 0) is 16.0 Å². The van der Waals surface area contributed by atoms with E-state index in [-0.39, 0.29) is 11.9 Å². The van der Waals surface area contributed by atoms with Crippen LogP contribution >= 0.6 is 0 Å². The Balaban J connectivity index is 1.91. The minimum absolute atomic E-state index is 0.0788. The molecule has 0 heterocycles. The van der Waals surface area contributed by atoms with E-state index in [9.17, 15) is 9.59 Å². The van der Waals surface area contributed by atoms with Crippen LogP contribution in [0.5, 0.6) is 0 Å². The number of esters is 1. The van der Waals surface area contributed by atoms with Gasteiger partial charge in [0.25, 0.3) is 0 Å². The summed E-state index contributed by atoms with van der Waals surface area (Å²) >= 11 is 0. The van der Waals surface area contributed by atoms with E-state index < -0.39 is 0 Å². The number of hydrogen-bond donors (Lipinski definition) is 1. The first-order valence-corrected chi connectivity index (χ1v) is 7.30. The third kappa shape index (κ3) is 4.74. The number of aryl methyl sites for hydroxylation is 1. The molecule has 2 aromatic carbocycles. The van der Waals surface area contributed by atoms with Crippen molar-refractivity contribution in [3.63, 3.8) is 0 Å². The van der Waals surface area contributed by atoms with Crippen molar-refractivity contribution in [1.82, 2.24) is 0 Å². The van der Waals surface area contributed by atoms with Gasteiger partial charge in [0, 0.05) is 12.1 Å². The molecule has 0 aliphatic heterocycles. The van der Waals surface area contributed by atoms with Crippen molar-refractivity contribution in [1.29, 1.82) is 0 Å². The quantitative estimate of drug-likeness (QED) is 0.831. The Morgan fingerprint density at radius 2 is 1.82 bits per heavy atom. The van der Waals surface area contributed by atoms with Gasteiger partial charge in [-0.05, 0) is 37.1 Å². The lowest BCUT2D eigenvalue weighted by molar-refractivity contribution is -0.116. The van der Waals surface area contributed by atoms with E-state index in [2.05, 4.69) is 5.32 Å². The van der Waals surface area contributed by atoms with Gasteiger partial charge in [0.1, 0.15) is 0 Å². The Labute approximate surface area is 130 Å². The van der Waals surface area contributed by atoms with Gasteiger partial charge in [-0.15, -0.1) is 0 Å². The van der Waals surface area contributed by atoms with E-state index >= 15 is 0 Å². The van der Waals surface area contributed by atoms with Crippen molar-refractivity contribution in [2.75, 3.05) is 11.9 Å². The van der Waals surface area contributed by atoms with Crippen molar-refractivity contribution in [2.45, 2.75) is 19.8 Å². The molecule has 2 aromatic rings. The molecule has 4 nitrogen and oxygen atoms in total. The summed E-state index contributed by atoms with van der Waals surface area (Å²) in [4.78, 5) is 23.6. The smallest absolute Gasteiger partial charge is 0.338 e. The summed E-state index contributed by atoms with van der Waals surface area (Å²) in [7, 11) is 0. The molecule has 0 saturated carbocycles. The van der Waals surface area contributed by atoms with Crippen LogP contribution in [0.3, 0.4) is 0 Å². The van der Waals surface area contributed by atoms with Crippen molar-refractivity contribution in [3.05, 3.63) is 65.7 Å². The second-order valence-corrected chi connectivity index (χ2v) is 4.84. The molecule has 4 heteroatoms. The first-order chi connectivity index (χ1) is 10.7. The zero-order chi connectivity index (χ0) is 15.8. The summed E-state index contributed by atoms with van der Waals surface area (Å²) in [5.41, 5.74) is 2.16. The molecule has 0 fully saturated rings. The Morgan fingerprint density at radius 3 is 2.55 bits per heavy atom. The van der Waals surface area contributed by atoms with Crippen LogP contribution in [0.2, 0.25) is 0 Å². The standard InChI is InChI=1S/C18H19NO3/c1-2-22-18(21)15-9-6-10-16(13-15)19-17(20)12-11-14-7-4-3-5-8-14/h3-10,13H,2,11-12H2,1H3,(H,19,20). The van der Waals surface area contributed by atoms with E-state index in [4.69, 9.17) is 4.74 Å². The van der Waals surface area contributed by atoms with Gasteiger partial charge in [-0.2, -0.15) is 0 Å². The molecule has 22 heavy (non-hydrogen) atoms. The van der Waals surface area contributed by atoms with E-state index in [0.717, 1.165) is 5.56 Å². The van der Waals surface area contributed by atoms with Crippen LogP contribution in [0.15, 0.2) is 54.6 Å². The van der Waals surface area contributed by atoms with E-state index in [0.29, 0.717) is 30.7 Å². The molecule has 0 saturated heterocycles. The second-order valence-electron chi connectivity index (χ2n) is 4.84. The van der Waals surface area contributed by atoms with Crippen molar-refractivity contribution >= 4 is 17.6 Å². The lowest BCUT2D eigenvalue weighted by Crippen LogP contribution is -2.13. The van der Waals surface area contributed by atoms with Crippen molar-refractivity contribution in [3.8, 4) is 0 Å². The number of carbonyl (C=O) groups excluding carboxylic acids is 2. The SMILES string of the molecule is CCOC(=O)c1cccc(NC(=O)CCc2ccccc2)c1. The molecule has 1 N–H and O–H groups in total. The third-order valence-electron chi connectivity index (χ3n) is 3.14. The van der Waals surface area contributed by atoms with Crippen molar-refractivity contribution < 1.29 is 14.3 Å². The molecule has 0 aromatic heterocycles. The van der Waals surface area contributed by atoms with Gasteiger partial charge in [-0.3, -0.25) is 4.79 Å². The summed E-state index contributed by atoms with van der Waals surface area (Å²) in [5, 5.41) is 2.80. The maximum absolute atomic E-state index is 12.0. The maximum atomic E-state index is 12.0. The minimum atomic E-state index is -0.386. The fourth-order valence-corrected chi connectivity index (χ4v) is 2.06. The molecule has 0 aliphatic rings. The lowest BCUT2D eigenvalue weighted by atomic mass is 10.1. The summed E-state index contributed by atoms with van der Waals surface area (Å²) < 4.78 is 4.94. The molecule has 0 bridgehead atoms. The fourth-order valence-electron chi connectivity index (χ4n) is 2.06. The first kappa shape index (κ1) is 15.8. The molecule has 2 rings (SSSR count). The highest BCUT2D eigenvalue weighted by molar-refractivity contribution is 5.94. The van der Waals surface area contributed by atoms with Gasteiger partial charge >= 0.3 is 5.97 Å². The number of nitrogens with one attached hydrogen (secondary N) is 1. The van der Waals surface area contributed by atoms with Gasteiger partial charge < -0.3 is 10.1 Å². The lowest BCUT2D eigenvalue weighted by Gasteiger charge is -2.07. The van der Waals surface area contributed by atoms with Gasteiger partial charge in [-0.1, -0.05) is 36.4 Å². The normalized spacial score (nSPS) is 10.0. The molecule has 0 radical (unpaired) electrons. The Kier molecular flexibility index (Phi) is 5.72. The van der Waals surface area contributed by atoms with Crippen LogP contribution in [0.1, 0.15) is 29.3 Å². The summed E-state index contributed by atoms with van der Waals surface area (Å²) in [6.45, 7) is 2.08.